The fraction of sp³-hybridized carbons (Fsp3) is 1.00. The fourth-order valence-corrected chi connectivity index (χ4v) is 2.49. The summed E-state index contributed by atoms with van der Waals surface area (Å²) in [7, 11) is 0. The Hall–Kier alpha value is -0.0800. The van der Waals surface area contributed by atoms with E-state index in [2.05, 4.69) is 12.2 Å². The molecule has 0 radical (unpaired) electrons. The van der Waals surface area contributed by atoms with Crippen molar-refractivity contribution in [2.24, 2.45) is 5.92 Å². The molecule has 2 nitrogen and oxygen atoms in total. The summed E-state index contributed by atoms with van der Waals surface area (Å²) >= 11 is 0. The third-order valence-electron chi connectivity index (χ3n) is 3.69. The molecule has 0 amide bonds. The second-order valence-corrected chi connectivity index (χ2v) is 4.86. The van der Waals surface area contributed by atoms with Crippen LogP contribution in [0.2, 0.25) is 0 Å². The molecule has 1 rings (SSSR count). The van der Waals surface area contributed by atoms with E-state index in [0.717, 1.165) is 31.3 Å². The molecule has 15 heavy (non-hydrogen) atoms. The Bertz CT molecular complexity index is 141. The number of aliphatic hydroxyl groups excluding tert-OH is 1. The molecular weight excluding hydrogens is 186 g/mol. The van der Waals surface area contributed by atoms with Crippen LogP contribution in [0.4, 0.5) is 0 Å². The number of aliphatic hydroxyl groups is 1. The topological polar surface area (TPSA) is 32.3 Å². The summed E-state index contributed by atoms with van der Waals surface area (Å²) in [5.74, 6) is 0.998. The average molecular weight is 213 g/mol. The second kappa shape index (κ2) is 8.12. The summed E-state index contributed by atoms with van der Waals surface area (Å²) in [6.07, 6.45) is 10.3. The SMILES string of the molecule is CCC1CCC(NCCCCCO)CC1. The molecule has 1 saturated carbocycles. The van der Waals surface area contributed by atoms with E-state index in [4.69, 9.17) is 5.11 Å². The van der Waals surface area contributed by atoms with E-state index < -0.39 is 0 Å². The van der Waals surface area contributed by atoms with Gasteiger partial charge in [-0.05, 0) is 57.4 Å². The summed E-state index contributed by atoms with van der Waals surface area (Å²) in [6, 6.07) is 0.780. The van der Waals surface area contributed by atoms with Crippen LogP contribution in [0, 0.1) is 5.92 Å². The van der Waals surface area contributed by atoms with Crippen LogP contribution in [-0.2, 0) is 0 Å². The lowest BCUT2D eigenvalue weighted by Crippen LogP contribution is -2.33. The molecule has 0 bridgehead atoms. The fourth-order valence-electron chi connectivity index (χ4n) is 2.49. The van der Waals surface area contributed by atoms with Gasteiger partial charge in [0, 0.05) is 12.6 Å². The van der Waals surface area contributed by atoms with Gasteiger partial charge in [-0.2, -0.15) is 0 Å². The van der Waals surface area contributed by atoms with Crippen LogP contribution in [0.15, 0.2) is 0 Å². The van der Waals surface area contributed by atoms with E-state index >= 15 is 0 Å². The van der Waals surface area contributed by atoms with Crippen molar-refractivity contribution in [1.29, 1.82) is 0 Å². The van der Waals surface area contributed by atoms with Gasteiger partial charge < -0.3 is 10.4 Å². The van der Waals surface area contributed by atoms with Crippen molar-refractivity contribution >= 4 is 0 Å². The number of rotatable bonds is 7. The summed E-state index contributed by atoms with van der Waals surface area (Å²) in [5, 5.41) is 12.3. The zero-order chi connectivity index (χ0) is 10.9. The van der Waals surface area contributed by atoms with Crippen LogP contribution in [-0.4, -0.2) is 24.3 Å². The Balaban J connectivity index is 1.94. The molecule has 0 atom stereocenters. The lowest BCUT2D eigenvalue weighted by Gasteiger charge is -2.28. The molecule has 0 saturated heterocycles. The minimum atomic E-state index is 0.349. The third kappa shape index (κ3) is 5.53. The maximum atomic E-state index is 8.65. The third-order valence-corrected chi connectivity index (χ3v) is 3.69. The summed E-state index contributed by atoms with van der Waals surface area (Å²) in [4.78, 5) is 0. The van der Waals surface area contributed by atoms with Crippen molar-refractivity contribution in [3.05, 3.63) is 0 Å². The first-order valence-electron chi connectivity index (χ1n) is 6.71. The van der Waals surface area contributed by atoms with Crippen LogP contribution in [0.3, 0.4) is 0 Å². The van der Waals surface area contributed by atoms with E-state index in [1.165, 1.54) is 38.5 Å². The highest BCUT2D eigenvalue weighted by molar-refractivity contribution is 4.76. The van der Waals surface area contributed by atoms with Crippen molar-refractivity contribution in [2.75, 3.05) is 13.2 Å². The quantitative estimate of drug-likeness (QED) is 0.637. The summed E-state index contributed by atoms with van der Waals surface area (Å²) in [5.41, 5.74) is 0. The molecule has 2 N–H and O–H groups in total. The van der Waals surface area contributed by atoms with Crippen molar-refractivity contribution in [3.8, 4) is 0 Å². The Morgan fingerprint density at radius 1 is 1.07 bits per heavy atom. The molecule has 0 aromatic rings. The number of hydrogen-bond acceptors (Lipinski definition) is 2. The van der Waals surface area contributed by atoms with Gasteiger partial charge in [0.1, 0.15) is 0 Å². The maximum absolute atomic E-state index is 8.65. The lowest BCUT2D eigenvalue weighted by atomic mass is 9.84. The largest absolute Gasteiger partial charge is 0.396 e. The Labute approximate surface area is 94.5 Å². The highest BCUT2D eigenvalue weighted by atomic mass is 16.2. The van der Waals surface area contributed by atoms with Gasteiger partial charge in [-0.1, -0.05) is 13.3 Å². The normalized spacial score (nSPS) is 26.8. The average Bonchev–Trinajstić information content (AvgIpc) is 2.30. The zero-order valence-electron chi connectivity index (χ0n) is 10.2. The molecule has 1 aliphatic carbocycles. The lowest BCUT2D eigenvalue weighted by molar-refractivity contribution is 0.274. The molecule has 0 unspecified atom stereocenters. The van der Waals surface area contributed by atoms with Gasteiger partial charge in [0.25, 0.3) is 0 Å². The van der Waals surface area contributed by atoms with Gasteiger partial charge in [-0.15, -0.1) is 0 Å². The number of nitrogens with one attached hydrogen (secondary N) is 1. The van der Waals surface area contributed by atoms with Crippen molar-refractivity contribution < 1.29 is 5.11 Å². The molecule has 0 heterocycles. The van der Waals surface area contributed by atoms with Crippen molar-refractivity contribution in [3.63, 3.8) is 0 Å². The first-order valence-corrected chi connectivity index (χ1v) is 6.71. The minimum Gasteiger partial charge on any atom is -0.396 e. The second-order valence-electron chi connectivity index (χ2n) is 4.86. The highest BCUT2D eigenvalue weighted by Crippen LogP contribution is 2.26. The van der Waals surface area contributed by atoms with Crippen LogP contribution >= 0.6 is 0 Å². The van der Waals surface area contributed by atoms with E-state index in [9.17, 15) is 0 Å². The van der Waals surface area contributed by atoms with Crippen LogP contribution in [0.25, 0.3) is 0 Å². The molecule has 0 aromatic carbocycles. The zero-order valence-corrected chi connectivity index (χ0v) is 10.2. The smallest absolute Gasteiger partial charge is 0.0431 e. The molecule has 2 heteroatoms. The van der Waals surface area contributed by atoms with Gasteiger partial charge >= 0.3 is 0 Å². The summed E-state index contributed by atoms with van der Waals surface area (Å²) < 4.78 is 0. The van der Waals surface area contributed by atoms with Gasteiger partial charge in [-0.3, -0.25) is 0 Å². The van der Waals surface area contributed by atoms with E-state index in [-0.39, 0.29) is 0 Å². The molecule has 0 spiro atoms. The number of unbranched alkanes of at least 4 members (excludes halogenated alkanes) is 2. The molecular formula is C13H27NO. The van der Waals surface area contributed by atoms with Gasteiger partial charge in [0.05, 0.1) is 0 Å². The molecule has 1 fully saturated rings. The van der Waals surface area contributed by atoms with E-state index in [1.54, 1.807) is 0 Å². The maximum Gasteiger partial charge on any atom is 0.0431 e. The predicted molar refractivity (Wildman–Crippen MR) is 65.0 cm³/mol. The number of hydrogen-bond donors (Lipinski definition) is 2. The van der Waals surface area contributed by atoms with E-state index in [0.29, 0.717) is 6.61 Å². The Morgan fingerprint density at radius 3 is 2.40 bits per heavy atom. The van der Waals surface area contributed by atoms with Crippen LogP contribution in [0.1, 0.15) is 58.3 Å². The van der Waals surface area contributed by atoms with E-state index in [1.807, 2.05) is 0 Å². The van der Waals surface area contributed by atoms with Crippen molar-refractivity contribution in [2.45, 2.75) is 64.3 Å². The van der Waals surface area contributed by atoms with Gasteiger partial charge in [0.2, 0.25) is 0 Å². The van der Waals surface area contributed by atoms with Crippen LogP contribution < -0.4 is 5.32 Å². The Morgan fingerprint density at radius 2 is 1.80 bits per heavy atom. The monoisotopic (exact) mass is 213 g/mol. The first kappa shape index (κ1) is 13.0. The van der Waals surface area contributed by atoms with Crippen LogP contribution in [0.5, 0.6) is 0 Å². The molecule has 1 aliphatic rings. The van der Waals surface area contributed by atoms with Gasteiger partial charge in [-0.25, -0.2) is 0 Å². The predicted octanol–water partition coefficient (Wildman–Crippen LogP) is 2.71. The molecule has 0 aliphatic heterocycles. The molecule has 90 valence electrons. The highest BCUT2D eigenvalue weighted by Gasteiger charge is 2.18. The molecule has 0 aromatic heterocycles. The van der Waals surface area contributed by atoms with Gasteiger partial charge in [0.15, 0.2) is 0 Å². The first-order chi connectivity index (χ1) is 7.36. The standard InChI is InChI=1S/C13H27NO/c1-2-12-6-8-13(9-7-12)14-10-4-3-5-11-15/h12-15H,2-11H2,1H3. The Kier molecular flexibility index (Phi) is 7.03. The minimum absolute atomic E-state index is 0.349. The van der Waals surface area contributed by atoms with Crippen molar-refractivity contribution in [1.82, 2.24) is 5.32 Å². The summed E-state index contributed by atoms with van der Waals surface area (Å²) in [6.45, 7) is 3.80.